The Morgan fingerprint density at radius 2 is 1.88 bits per heavy atom. The maximum Gasteiger partial charge on any atom is 0.339 e. The van der Waals surface area contributed by atoms with Crippen LogP contribution in [0.2, 0.25) is 0 Å². The number of hydrogen-bond donors (Lipinski definition) is 2. The van der Waals surface area contributed by atoms with Gasteiger partial charge in [-0.2, -0.15) is 0 Å². The number of rotatable bonds is 8. The van der Waals surface area contributed by atoms with Crippen molar-refractivity contribution >= 4 is 33.8 Å². The van der Waals surface area contributed by atoms with Gasteiger partial charge in [0.15, 0.2) is 0 Å². The summed E-state index contributed by atoms with van der Waals surface area (Å²) in [5.41, 5.74) is 2.73. The molecule has 2 N–H and O–H groups in total. The second-order valence-corrected chi connectivity index (χ2v) is 9.34. The average molecular weight is 442 g/mol. The first-order chi connectivity index (χ1) is 15.0. The van der Waals surface area contributed by atoms with Crippen LogP contribution in [0.3, 0.4) is 0 Å². The number of unbranched alkanes of at least 4 members (excludes halogenated alkanes) is 1. The van der Waals surface area contributed by atoms with Crippen molar-refractivity contribution < 1.29 is 23.5 Å². The number of hydrogen-bond acceptors (Lipinski definition) is 5. The highest BCUT2D eigenvalue weighted by molar-refractivity contribution is 5.97. The van der Waals surface area contributed by atoms with Crippen molar-refractivity contribution in [1.29, 1.82) is 0 Å². The molecule has 0 unspecified atom stereocenters. The highest BCUT2D eigenvalue weighted by Crippen LogP contribution is 2.35. The smallest absolute Gasteiger partial charge is 0.339 e. The standard InChI is InChI=1S/C25H31NO6/c1-6-7-8-19(23(28)29)26-22(27)10-9-15-14(2)16-11-17-18(25(3,4)5)13-31-20(17)12-21(16)32-24(15)30/h11-13,19H,6-10H2,1-5H3,(H,26,27)(H,28,29)/t19-/m1/s1. The van der Waals surface area contributed by atoms with Crippen LogP contribution in [0.15, 0.2) is 32.0 Å². The second kappa shape index (κ2) is 9.18. The van der Waals surface area contributed by atoms with E-state index in [2.05, 4.69) is 26.1 Å². The maximum atomic E-state index is 12.6. The summed E-state index contributed by atoms with van der Waals surface area (Å²) in [5.74, 6) is -1.44. The molecular formula is C25H31NO6. The van der Waals surface area contributed by atoms with Crippen LogP contribution in [-0.2, 0) is 21.4 Å². The van der Waals surface area contributed by atoms with E-state index in [0.29, 0.717) is 29.6 Å². The van der Waals surface area contributed by atoms with E-state index in [1.165, 1.54) is 0 Å². The molecule has 0 saturated heterocycles. The first kappa shape index (κ1) is 23.6. The number of benzene rings is 1. The van der Waals surface area contributed by atoms with E-state index >= 15 is 0 Å². The molecule has 0 aliphatic carbocycles. The molecule has 0 bridgehead atoms. The van der Waals surface area contributed by atoms with E-state index in [0.717, 1.165) is 28.3 Å². The van der Waals surface area contributed by atoms with Crippen LogP contribution in [0.4, 0.5) is 0 Å². The number of furan rings is 1. The van der Waals surface area contributed by atoms with Crippen molar-refractivity contribution in [1.82, 2.24) is 5.32 Å². The van der Waals surface area contributed by atoms with Crippen LogP contribution in [0.1, 0.15) is 70.1 Å². The van der Waals surface area contributed by atoms with Crippen molar-refractivity contribution in [2.45, 2.75) is 78.2 Å². The Bertz CT molecular complexity index is 1210. The van der Waals surface area contributed by atoms with Crippen LogP contribution in [0.25, 0.3) is 21.9 Å². The Hall–Kier alpha value is -3.09. The zero-order chi connectivity index (χ0) is 23.6. The lowest BCUT2D eigenvalue weighted by atomic mass is 9.86. The first-order valence-electron chi connectivity index (χ1n) is 11.0. The van der Waals surface area contributed by atoms with Gasteiger partial charge in [0, 0.05) is 34.4 Å². The van der Waals surface area contributed by atoms with Gasteiger partial charge in [-0.25, -0.2) is 9.59 Å². The van der Waals surface area contributed by atoms with Crippen LogP contribution >= 0.6 is 0 Å². The van der Waals surface area contributed by atoms with Gasteiger partial charge in [-0.15, -0.1) is 0 Å². The number of carboxylic acids is 1. The molecule has 3 rings (SSSR count). The third-order valence-electron chi connectivity index (χ3n) is 5.87. The number of carboxylic acid groups (broad SMARTS) is 1. The third-order valence-corrected chi connectivity index (χ3v) is 5.87. The van der Waals surface area contributed by atoms with Gasteiger partial charge in [-0.1, -0.05) is 40.5 Å². The molecule has 1 atom stereocenters. The molecule has 0 saturated carbocycles. The molecule has 0 fully saturated rings. The fraction of sp³-hybridized carbons (Fsp3) is 0.480. The van der Waals surface area contributed by atoms with Crippen molar-refractivity contribution in [2.24, 2.45) is 0 Å². The van der Waals surface area contributed by atoms with E-state index in [1.807, 2.05) is 19.9 Å². The Balaban J connectivity index is 1.88. The summed E-state index contributed by atoms with van der Waals surface area (Å²) in [5, 5.41) is 13.6. The molecule has 0 aliphatic heterocycles. The number of fused-ring (bicyclic) bond motifs is 2. The molecule has 0 aliphatic rings. The number of nitrogens with one attached hydrogen (secondary N) is 1. The van der Waals surface area contributed by atoms with Crippen LogP contribution in [0.5, 0.6) is 0 Å². The summed E-state index contributed by atoms with van der Waals surface area (Å²) in [4.78, 5) is 36.3. The molecule has 0 radical (unpaired) electrons. The van der Waals surface area contributed by atoms with Crippen LogP contribution in [0, 0.1) is 6.92 Å². The maximum absolute atomic E-state index is 12.6. The molecule has 32 heavy (non-hydrogen) atoms. The average Bonchev–Trinajstić information content (AvgIpc) is 3.12. The molecule has 1 aromatic carbocycles. The number of amides is 1. The number of carbonyl (C=O) groups excluding carboxylic acids is 1. The zero-order valence-corrected chi connectivity index (χ0v) is 19.3. The summed E-state index contributed by atoms with van der Waals surface area (Å²) >= 11 is 0. The van der Waals surface area contributed by atoms with Crippen molar-refractivity contribution in [3.63, 3.8) is 0 Å². The highest BCUT2D eigenvalue weighted by atomic mass is 16.4. The van der Waals surface area contributed by atoms with Crippen molar-refractivity contribution in [3.05, 3.63) is 45.5 Å². The van der Waals surface area contributed by atoms with E-state index in [-0.39, 0.29) is 18.3 Å². The number of aliphatic carboxylic acids is 1. The topological polar surface area (TPSA) is 110 Å². The molecule has 1 amide bonds. The fourth-order valence-electron chi connectivity index (χ4n) is 3.95. The number of aryl methyl sites for hydroxylation is 1. The second-order valence-electron chi connectivity index (χ2n) is 9.34. The van der Waals surface area contributed by atoms with Crippen molar-refractivity contribution in [2.75, 3.05) is 0 Å². The minimum atomic E-state index is -1.05. The first-order valence-corrected chi connectivity index (χ1v) is 11.0. The van der Waals surface area contributed by atoms with Gasteiger partial charge in [-0.05, 0) is 36.8 Å². The Morgan fingerprint density at radius 1 is 1.16 bits per heavy atom. The monoisotopic (exact) mass is 441 g/mol. The third kappa shape index (κ3) is 4.87. The normalized spacial score (nSPS) is 12.9. The van der Waals surface area contributed by atoms with Gasteiger partial charge < -0.3 is 19.3 Å². The molecule has 7 heteroatoms. The Morgan fingerprint density at radius 3 is 2.50 bits per heavy atom. The number of carbonyl (C=O) groups is 2. The molecule has 7 nitrogen and oxygen atoms in total. The summed E-state index contributed by atoms with van der Waals surface area (Å²) in [7, 11) is 0. The fourth-order valence-corrected chi connectivity index (χ4v) is 3.95. The van der Waals surface area contributed by atoms with Gasteiger partial charge in [-0.3, -0.25) is 4.79 Å². The Kier molecular flexibility index (Phi) is 6.77. The Labute approximate surface area is 186 Å². The predicted molar refractivity (Wildman–Crippen MR) is 123 cm³/mol. The lowest BCUT2D eigenvalue weighted by Crippen LogP contribution is -2.40. The van der Waals surface area contributed by atoms with E-state index in [1.54, 1.807) is 12.3 Å². The highest BCUT2D eigenvalue weighted by Gasteiger charge is 2.23. The van der Waals surface area contributed by atoms with Gasteiger partial charge in [0.25, 0.3) is 0 Å². The van der Waals surface area contributed by atoms with E-state index in [9.17, 15) is 19.5 Å². The SMILES string of the molecule is CCCC[C@@H](NC(=O)CCc1c(C)c2cc3c(C(C)(C)C)coc3cc2oc1=O)C(=O)O. The summed E-state index contributed by atoms with van der Waals surface area (Å²) in [6, 6.07) is 2.79. The molecule has 172 valence electrons. The lowest BCUT2D eigenvalue weighted by Gasteiger charge is -2.17. The van der Waals surface area contributed by atoms with Gasteiger partial charge >= 0.3 is 11.6 Å². The molecule has 0 spiro atoms. The van der Waals surface area contributed by atoms with Gasteiger partial charge in [0.2, 0.25) is 5.91 Å². The molecule has 2 aromatic heterocycles. The lowest BCUT2D eigenvalue weighted by molar-refractivity contribution is -0.142. The summed E-state index contributed by atoms with van der Waals surface area (Å²) < 4.78 is 11.2. The molecule has 3 aromatic rings. The van der Waals surface area contributed by atoms with E-state index < -0.39 is 23.5 Å². The van der Waals surface area contributed by atoms with Crippen LogP contribution < -0.4 is 10.9 Å². The van der Waals surface area contributed by atoms with E-state index in [4.69, 9.17) is 8.83 Å². The quantitative estimate of drug-likeness (QED) is 0.484. The minimum Gasteiger partial charge on any atom is -0.480 e. The minimum absolute atomic E-state index is 0.00814. The van der Waals surface area contributed by atoms with Crippen molar-refractivity contribution in [3.8, 4) is 0 Å². The van der Waals surface area contributed by atoms with Gasteiger partial charge in [0.05, 0.1) is 6.26 Å². The summed E-state index contributed by atoms with van der Waals surface area (Å²) in [6.07, 6.45) is 3.85. The molecule has 2 heterocycles. The molecular weight excluding hydrogens is 410 g/mol. The van der Waals surface area contributed by atoms with Crippen LogP contribution in [-0.4, -0.2) is 23.0 Å². The zero-order valence-electron chi connectivity index (χ0n) is 19.3. The summed E-state index contributed by atoms with van der Waals surface area (Å²) in [6.45, 7) is 10.1. The predicted octanol–water partition coefficient (Wildman–Crippen LogP) is 4.84. The largest absolute Gasteiger partial charge is 0.480 e. The van der Waals surface area contributed by atoms with Gasteiger partial charge in [0.1, 0.15) is 17.2 Å².